The molecule has 8 heteroatoms. The highest BCUT2D eigenvalue weighted by atomic mass is 16.5. The van der Waals surface area contributed by atoms with Crippen molar-refractivity contribution in [3.05, 3.63) is 59.9 Å². The molecule has 0 saturated carbocycles. The van der Waals surface area contributed by atoms with Crippen molar-refractivity contribution in [2.24, 2.45) is 0 Å². The lowest BCUT2D eigenvalue weighted by Crippen LogP contribution is -2.49. The SMILES string of the molecule is COCCC1(c2noc(-c3cccnc3)n2)CCCN(C(=O)c2cccc(C)n2)C1. The summed E-state index contributed by atoms with van der Waals surface area (Å²) in [6.45, 7) is 3.60. The molecule has 0 radical (unpaired) electrons. The van der Waals surface area contributed by atoms with Gasteiger partial charge in [0.25, 0.3) is 11.8 Å². The normalized spacial score (nSPS) is 19.1. The van der Waals surface area contributed by atoms with Crippen molar-refractivity contribution in [1.82, 2.24) is 25.0 Å². The van der Waals surface area contributed by atoms with Gasteiger partial charge in [-0.1, -0.05) is 11.2 Å². The third-order valence-corrected chi connectivity index (χ3v) is 5.57. The van der Waals surface area contributed by atoms with E-state index in [2.05, 4.69) is 20.1 Å². The standard InChI is InChI=1S/C22H25N5O3/c1-16-6-3-8-18(24-16)20(28)27-12-5-9-22(15-27,10-13-29-2)21-25-19(30-26-21)17-7-4-11-23-14-17/h3-4,6-8,11,14H,5,9-10,12-13,15H2,1-2H3. The molecule has 1 amide bonds. The molecule has 1 aliphatic heterocycles. The summed E-state index contributed by atoms with van der Waals surface area (Å²) in [5, 5.41) is 4.30. The zero-order valence-corrected chi connectivity index (χ0v) is 17.2. The van der Waals surface area contributed by atoms with Crippen LogP contribution in [0.15, 0.2) is 47.2 Å². The molecule has 3 aromatic heterocycles. The molecule has 3 aromatic rings. The number of methoxy groups -OCH3 is 1. The Morgan fingerprint density at radius 2 is 2.17 bits per heavy atom. The van der Waals surface area contributed by atoms with E-state index in [-0.39, 0.29) is 5.91 Å². The van der Waals surface area contributed by atoms with E-state index in [0.29, 0.717) is 43.5 Å². The van der Waals surface area contributed by atoms with E-state index in [1.54, 1.807) is 25.6 Å². The number of aromatic nitrogens is 4. The molecule has 0 bridgehead atoms. The molecule has 8 nitrogen and oxygen atoms in total. The second kappa shape index (κ2) is 8.71. The summed E-state index contributed by atoms with van der Waals surface area (Å²) in [6.07, 6.45) is 5.79. The second-order valence-electron chi connectivity index (χ2n) is 7.68. The zero-order valence-electron chi connectivity index (χ0n) is 17.2. The average Bonchev–Trinajstić information content (AvgIpc) is 3.29. The van der Waals surface area contributed by atoms with Crippen molar-refractivity contribution in [1.29, 1.82) is 0 Å². The van der Waals surface area contributed by atoms with Gasteiger partial charge in [-0.3, -0.25) is 9.78 Å². The lowest BCUT2D eigenvalue weighted by atomic mass is 9.76. The lowest BCUT2D eigenvalue weighted by molar-refractivity contribution is 0.0561. The number of rotatable bonds is 6. The van der Waals surface area contributed by atoms with Crippen LogP contribution < -0.4 is 0 Å². The molecule has 1 fully saturated rings. The third kappa shape index (κ3) is 4.09. The first kappa shape index (κ1) is 20.2. The summed E-state index contributed by atoms with van der Waals surface area (Å²) in [6, 6.07) is 9.21. The Balaban J connectivity index is 1.63. The summed E-state index contributed by atoms with van der Waals surface area (Å²) >= 11 is 0. The van der Waals surface area contributed by atoms with Gasteiger partial charge < -0.3 is 14.2 Å². The van der Waals surface area contributed by atoms with Crippen molar-refractivity contribution in [2.75, 3.05) is 26.8 Å². The molecule has 0 aromatic carbocycles. The van der Waals surface area contributed by atoms with Crippen LogP contribution >= 0.6 is 0 Å². The predicted octanol–water partition coefficient (Wildman–Crippen LogP) is 3.05. The first-order valence-electron chi connectivity index (χ1n) is 10.1. The number of amides is 1. The minimum absolute atomic E-state index is 0.0730. The summed E-state index contributed by atoms with van der Waals surface area (Å²) in [5.74, 6) is 0.961. The van der Waals surface area contributed by atoms with Crippen LogP contribution in [0.3, 0.4) is 0 Å². The fourth-order valence-corrected chi connectivity index (χ4v) is 3.97. The van der Waals surface area contributed by atoms with Crippen molar-refractivity contribution in [2.45, 2.75) is 31.6 Å². The van der Waals surface area contributed by atoms with Crippen LogP contribution in [0, 0.1) is 6.92 Å². The van der Waals surface area contributed by atoms with Gasteiger partial charge in [-0.15, -0.1) is 0 Å². The van der Waals surface area contributed by atoms with Crippen LogP contribution in [0.25, 0.3) is 11.5 Å². The highest BCUT2D eigenvalue weighted by molar-refractivity contribution is 5.92. The molecular weight excluding hydrogens is 382 g/mol. The van der Waals surface area contributed by atoms with Crippen LogP contribution in [0.2, 0.25) is 0 Å². The molecule has 1 saturated heterocycles. The van der Waals surface area contributed by atoms with Crippen molar-refractivity contribution < 1.29 is 14.1 Å². The third-order valence-electron chi connectivity index (χ3n) is 5.57. The van der Waals surface area contributed by atoms with Crippen molar-refractivity contribution in [3.63, 3.8) is 0 Å². The number of carbonyl (C=O) groups excluding carboxylic acids is 1. The van der Waals surface area contributed by atoms with Gasteiger partial charge in [0.15, 0.2) is 5.82 Å². The van der Waals surface area contributed by atoms with Gasteiger partial charge in [0.05, 0.1) is 11.0 Å². The molecule has 4 heterocycles. The predicted molar refractivity (Wildman–Crippen MR) is 110 cm³/mol. The number of hydrogen-bond acceptors (Lipinski definition) is 7. The van der Waals surface area contributed by atoms with E-state index in [1.165, 1.54) is 0 Å². The number of likely N-dealkylation sites (tertiary alicyclic amines) is 1. The van der Waals surface area contributed by atoms with Crippen molar-refractivity contribution >= 4 is 5.91 Å². The van der Waals surface area contributed by atoms with Gasteiger partial charge in [0.1, 0.15) is 5.69 Å². The summed E-state index contributed by atoms with van der Waals surface area (Å²) in [4.78, 5) is 28.2. The maximum Gasteiger partial charge on any atom is 0.272 e. The maximum atomic E-state index is 13.1. The Hall–Kier alpha value is -3.13. The topological polar surface area (TPSA) is 94.2 Å². The molecule has 4 rings (SSSR count). The molecular formula is C22H25N5O3. The molecule has 30 heavy (non-hydrogen) atoms. The number of carbonyl (C=O) groups is 1. The first-order chi connectivity index (χ1) is 14.6. The van der Waals surface area contributed by atoms with E-state index in [4.69, 9.17) is 9.26 Å². The number of ether oxygens (including phenoxy) is 1. The number of pyridine rings is 2. The van der Waals surface area contributed by atoms with E-state index < -0.39 is 5.41 Å². The summed E-state index contributed by atoms with van der Waals surface area (Å²) < 4.78 is 10.9. The largest absolute Gasteiger partial charge is 0.385 e. The van der Waals surface area contributed by atoms with Crippen molar-refractivity contribution in [3.8, 4) is 11.5 Å². The lowest BCUT2D eigenvalue weighted by Gasteiger charge is -2.40. The van der Waals surface area contributed by atoms with Gasteiger partial charge in [-0.05, 0) is 50.5 Å². The average molecular weight is 407 g/mol. The molecule has 0 aliphatic carbocycles. The highest BCUT2D eigenvalue weighted by Gasteiger charge is 2.42. The Morgan fingerprint density at radius 1 is 1.27 bits per heavy atom. The van der Waals surface area contributed by atoms with Gasteiger partial charge >= 0.3 is 0 Å². The minimum atomic E-state index is -0.433. The quantitative estimate of drug-likeness (QED) is 0.620. The van der Waals surface area contributed by atoms with Crippen LogP contribution in [0.4, 0.5) is 0 Å². The van der Waals surface area contributed by atoms with E-state index in [9.17, 15) is 4.79 Å². The zero-order chi connectivity index (χ0) is 21.0. The Bertz CT molecular complexity index is 1010. The molecule has 1 unspecified atom stereocenters. The fraction of sp³-hybridized carbons (Fsp3) is 0.409. The molecule has 0 N–H and O–H groups in total. The number of hydrogen-bond donors (Lipinski definition) is 0. The van der Waals surface area contributed by atoms with Gasteiger partial charge in [-0.2, -0.15) is 4.98 Å². The van der Waals surface area contributed by atoms with E-state index in [1.807, 2.05) is 36.1 Å². The fourth-order valence-electron chi connectivity index (χ4n) is 3.97. The molecule has 1 aliphatic rings. The Labute approximate surface area is 175 Å². The first-order valence-corrected chi connectivity index (χ1v) is 10.1. The maximum absolute atomic E-state index is 13.1. The van der Waals surface area contributed by atoms with Gasteiger partial charge in [0, 0.05) is 44.9 Å². The Morgan fingerprint density at radius 3 is 2.93 bits per heavy atom. The smallest absolute Gasteiger partial charge is 0.272 e. The van der Waals surface area contributed by atoms with Crippen LogP contribution in [-0.4, -0.2) is 57.7 Å². The van der Waals surface area contributed by atoms with E-state index in [0.717, 1.165) is 24.1 Å². The molecule has 156 valence electrons. The van der Waals surface area contributed by atoms with Crippen LogP contribution in [0.1, 0.15) is 41.3 Å². The highest BCUT2D eigenvalue weighted by Crippen LogP contribution is 2.37. The summed E-state index contributed by atoms with van der Waals surface area (Å²) in [7, 11) is 1.67. The Kier molecular flexibility index (Phi) is 5.85. The number of aryl methyl sites for hydroxylation is 1. The molecule has 1 atom stereocenters. The number of piperidine rings is 1. The minimum Gasteiger partial charge on any atom is -0.385 e. The number of nitrogens with zero attached hydrogens (tertiary/aromatic N) is 5. The van der Waals surface area contributed by atoms with E-state index >= 15 is 0 Å². The summed E-state index contributed by atoms with van der Waals surface area (Å²) in [5.41, 5.74) is 1.62. The molecule has 0 spiro atoms. The van der Waals surface area contributed by atoms with Gasteiger partial charge in [0.2, 0.25) is 0 Å². The monoisotopic (exact) mass is 407 g/mol. The van der Waals surface area contributed by atoms with Crippen LogP contribution in [0.5, 0.6) is 0 Å². The van der Waals surface area contributed by atoms with Crippen LogP contribution in [-0.2, 0) is 10.2 Å². The van der Waals surface area contributed by atoms with Gasteiger partial charge in [-0.25, -0.2) is 4.98 Å². The second-order valence-corrected chi connectivity index (χ2v) is 7.68.